The van der Waals surface area contributed by atoms with E-state index in [0.717, 1.165) is 0 Å². The highest BCUT2D eigenvalue weighted by molar-refractivity contribution is 5.80. The summed E-state index contributed by atoms with van der Waals surface area (Å²) in [5.41, 5.74) is 0. The van der Waals surface area contributed by atoms with Crippen molar-refractivity contribution in [2.75, 3.05) is 13.6 Å². The van der Waals surface area contributed by atoms with Gasteiger partial charge in [-0.15, -0.1) is 0 Å². The monoisotopic (exact) mass is 168 g/mol. The van der Waals surface area contributed by atoms with Crippen molar-refractivity contribution in [3.63, 3.8) is 0 Å². The Morgan fingerprint density at radius 2 is 2.08 bits per heavy atom. The normalized spacial score (nSPS) is 15.3. The SMILES string of the molecule is CC(=O)C(C)N(C)CC(C)C#N. The maximum Gasteiger partial charge on any atom is 0.146 e. The zero-order valence-corrected chi connectivity index (χ0v) is 8.16. The highest BCUT2D eigenvalue weighted by Crippen LogP contribution is 2.01. The molecule has 0 aromatic rings. The molecule has 0 rings (SSSR count). The van der Waals surface area contributed by atoms with Gasteiger partial charge in [0.1, 0.15) is 5.78 Å². The Labute approximate surface area is 74.0 Å². The highest BCUT2D eigenvalue weighted by Gasteiger charge is 2.15. The summed E-state index contributed by atoms with van der Waals surface area (Å²) in [6, 6.07) is 2.05. The molecule has 0 fully saturated rings. The third kappa shape index (κ3) is 3.49. The van der Waals surface area contributed by atoms with Gasteiger partial charge in [-0.25, -0.2) is 0 Å². The topological polar surface area (TPSA) is 44.1 Å². The maximum absolute atomic E-state index is 10.9. The lowest BCUT2D eigenvalue weighted by Crippen LogP contribution is -2.37. The molecule has 0 aliphatic heterocycles. The van der Waals surface area contributed by atoms with Gasteiger partial charge in [0.25, 0.3) is 0 Å². The second-order valence-corrected chi connectivity index (χ2v) is 3.26. The Morgan fingerprint density at radius 3 is 2.42 bits per heavy atom. The van der Waals surface area contributed by atoms with E-state index < -0.39 is 0 Å². The molecular formula is C9H16N2O. The van der Waals surface area contributed by atoms with E-state index in [1.54, 1.807) is 6.92 Å². The van der Waals surface area contributed by atoms with Crippen LogP contribution in [0, 0.1) is 17.2 Å². The summed E-state index contributed by atoms with van der Waals surface area (Å²) >= 11 is 0. The van der Waals surface area contributed by atoms with E-state index in [2.05, 4.69) is 6.07 Å². The Balaban J connectivity index is 3.96. The van der Waals surface area contributed by atoms with Crippen molar-refractivity contribution in [2.45, 2.75) is 26.8 Å². The van der Waals surface area contributed by atoms with E-state index in [1.807, 2.05) is 25.8 Å². The molecule has 0 radical (unpaired) electrons. The lowest BCUT2D eigenvalue weighted by Gasteiger charge is -2.22. The molecule has 3 heteroatoms. The van der Waals surface area contributed by atoms with Crippen LogP contribution in [-0.2, 0) is 4.79 Å². The average molecular weight is 168 g/mol. The molecular weight excluding hydrogens is 152 g/mol. The van der Waals surface area contributed by atoms with E-state index in [1.165, 1.54) is 0 Å². The minimum atomic E-state index is -0.0826. The van der Waals surface area contributed by atoms with E-state index in [9.17, 15) is 4.79 Å². The summed E-state index contributed by atoms with van der Waals surface area (Å²) in [6.07, 6.45) is 0. The maximum atomic E-state index is 10.9. The van der Waals surface area contributed by atoms with E-state index in [4.69, 9.17) is 5.26 Å². The van der Waals surface area contributed by atoms with Crippen molar-refractivity contribution in [1.82, 2.24) is 4.90 Å². The van der Waals surface area contributed by atoms with Gasteiger partial charge in [-0.1, -0.05) is 0 Å². The Hall–Kier alpha value is -0.880. The van der Waals surface area contributed by atoms with Crippen LogP contribution in [0.1, 0.15) is 20.8 Å². The molecule has 68 valence electrons. The molecule has 2 unspecified atom stereocenters. The van der Waals surface area contributed by atoms with Gasteiger partial charge in [-0.3, -0.25) is 9.69 Å². The van der Waals surface area contributed by atoms with Crippen LogP contribution >= 0.6 is 0 Å². The van der Waals surface area contributed by atoms with Gasteiger partial charge in [0.05, 0.1) is 18.0 Å². The minimum Gasteiger partial charge on any atom is -0.298 e. The van der Waals surface area contributed by atoms with Crippen molar-refractivity contribution in [3.8, 4) is 6.07 Å². The van der Waals surface area contributed by atoms with E-state index in [0.29, 0.717) is 6.54 Å². The number of nitrogens with zero attached hydrogens (tertiary/aromatic N) is 2. The molecule has 0 saturated carbocycles. The summed E-state index contributed by atoms with van der Waals surface area (Å²) in [5, 5.41) is 8.54. The molecule has 2 atom stereocenters. The molecule has 0 aliphatic rings. The second-order valence-electron chi connectivity index (χ2n) is 3.26. The van der Waals surface area contributed by atoms with Crippen LogP contribution in [-0.4, -0.2) is 30.3 Å². The second kappa shape index (κ2) is 4.89. The van der Waals surface area contributed by atoms with Gasteiger partial charge in [0.15, 0.2) is 0 Å². The van der Waals surface area contributed by atoms with Crippen molar-refractivity contribution in [3.05, 3.63) is 0 Å². The van der Waals surface area contributed by atoms with E-state index in [-0.39, 0.29) is 17.7 Å². The summed E-state index contributed by atoms with van der Waals surface area (Å²) in [4.78, 5) is 12.8. The number of nitriles is 1. The summed E-state index contributed by atoms with van der Waals surface area (Å²) in [6.45, 7) is 5.92. The first-order valence-electron chi connectivity index (χ1n) is 4.09. The molecule has 12 heavy (non-hydrogen) atoms. The fourth-order valence-corrected chi connectivity index (χ4v) is 0.941. The van der Waals surface area contributed by atoms with Gasteiger partial charge < -0.3 is 0 Å². The van der Waals surface area contributed by atoms with Crippen molar-refractivity contribution in [2.24, 2.45) is 5.92 Å². The van der Waals surface area contributed by atoms with Crippen molar-refractivity contribution < 1.29 is 4.79 Å². The molecule has 0 saturated heterocycles. The molecule has 0 aromatic carbocycles. The molecule has 0 amide bonds. The summed E-state index contributed by atoms with van der Waals surface area (Å²) in [7, 11) is 1.86. The van der Waals surface area contributed by atoms with Crippen LogP contribution in [0.25, 0.3) is 0 Å². The molecule has 0 spiro atoms. The number of ketones is 1. The first-order valence-corrected chi connectivity index (χ1v) is 4.09. The fraction of sp³-hybridized carbons (Fsp3) is 0.778. The standard InChI is InChI=1S/C9H16N2O/c1-7(5-10)6-11(4)8(2)9(3)12/h7-8H,6H2,1-4H3. The molecule has 0 aromatic heterocycles. The Bertz CT molecular complexity index is 195. The highest BCUT2D eigenvalue weighted by atomic mass is 16.1. The van der Waals surface area contributed by atoms with Gasteiger partial charge in [-0.2, -0.15) is 5.26 Å². The van der Waals surface area contributed by atoms with Crippen LogP contribution in [0.15, 0.2) is 0 Å². The summed E-state index contributed by atoms with van der Waals surface area (Å²) in [5.74, 6) is 0.124. The van der Waals surface area contributed by atoms with Crippen LogP contribution in [0.2, 0.25) is 0 Å². The number of hydrogen-bond donors (Lipinski definition) is 0. The number of carbonyl (C=O) groups is 1. The lowest BCUT2D eigenvalue weighted by molar-refractivity contribution is -0.121. The predicted octanol–water partition coefficient (Wildman–Crippen LogP) is 1.06. The van der Waals surface area contributed by atoms with Crippen molar-refractivity contribution in [1.29, 1.82) is 5.26 Å². The van der Waals surface area contributed by atoms with Crippen LogP contribution < -0.4 is 0 Å². The molecule has 3 nitrogen and oxygen atoms in total. The Kier molecular flexibility index (Phi) is 4.53. The number of rotatable bonds is 4. The lowest BCUT2D eigenvalue weighted by atomic mass is 10.1. The number of hydrogen-bond acceptors (Lipinski definition) is 3. The number of Topliss-reactive ketones (excluding diaryl/α,β-unsaturated/α-hetero) is 1. The molecule has 0 heterocycles. The minimum absolute atomic E-state index is 0.0169. The largest absolute Gasteiger partial charge is 0.298 e. The quantitative estimate of drug-likeness (QED) is 0.630. The zero-order chi connectivity index (χ0) is 9.72. The smallest absolute Gasteiger partial charge is 0.146 e. The van der Waals surface area contributed by atoms with Crippen LogP contribution in [0.5, 0.6) is 0 Å². The van der Waals surface area contributed by atoms with Gasteiger partial charge >= 0.3 is 0 Å². The van der Waals surface area contributed by atoms with Gasteiger partial charge in [0, 0.05) is 6.54 Å². The Morgan fingerprint density at radius 1 is 1.58 bits per heavy atom. The molecule has 0 aliphatic carbocycles. The first-order chi connectivity index (χ1) is 5.49. The number of carbonyl (C=O) groups excluding carboxylic acids is 1. The molecule has 0 bridgehead atoms. The third-order valence-corrected chi connectivity index (χ3v) is 2.03. The predicted molar refractivity (Wildman–Crippen MR) is 47.6 cm³/mol. The third-order valence-electron chi connectivity index (χ3n) is 2.03. The first kappa shape index (κ1) is 11.1. The van der Waals surface area contributed by atoms with E-state index >= 15 is 0 Å². The summed E-state index contributed by atoms with van der Waals surface area (Å²) < 4.78 is 0. The average Bonchev–Trinajstić information content (AvgIpc) is 2.02. The van der Waals surface area contributed by atoms with Crippen LogP contribution in [0.4, 0.5) is 0 Å². The van der Waals surface area contributed by atoms with Crippen LogP contribution in [0.3, 0.4) is 0 Å². The number of likely N-dealkylation sites (N-methyl/N-ethyl adjacent to an activating group) is 1. The van der Waals surface area contributed by atoms with Crippen molar-refractivity contribution >= 4 is 5.78 Å². The fourth-order valence-electron chi connectivity index (χ4n) is 0.941. The van der Waals surface area contributed by atoms with Gasteiger partial charge in [-0.05, 0) is 27.8 Å². The molecule has 0 N–H and O–H groups in total. The van der Waals surface area contributed by atoms with Gasteiger partial charge in [0.2, 0.25) is 0 Å². The zero-order valence-electron chi connectivity index (χ0n) is 8.16.